The van der Waals surface area contributed by atoms with E-state index < -0.39 is 0 Å². The van der Waals surface area contributed by atoms with E-state index in [0.717, 1.165) is 32.1 Å². The summed E-state index contributed by atoms with van der Waals surface area (Å²) in [5.41, 5.74) is -0.576. The third-order valence-electron chi connectivity index (χ3n) is 6.25. The monoisotopic (exact) mass is 346 g/mol. The van der Waals surface area contributed by atoms with Crippen molar-refractivity contribution in [3.63, 3.8) is 0 Å². The van der Waals surface area contributed by atoms with Gasteiger partial charge in [0.15, 0.2) is 5.82 Å². The van der Waals surface area contributed by atoms with Crippen LogP contribution in [0.1, 0.15) is 70.1 Å². The van der Waals surface area contributed by atoms with Crippen molar-refractivity contribution in [2.24, 2.45) is 17.3 Å². The zero-order valence-corrected chi connectivity index (χ0v) is 15.1. The summed E-state index contributed by atoms with van der Waals surface area (Å²) in [7, 11) is 0. The van der Waals surface area contributed by atoms with Crippen molar-refractivity contribution in [1.82, 2.24) is 20.8 Å². The Bertz CT molecular complexity index is 699. The Morgan fingerprint density at radius 3 is 2.48 bits per heavy atom. The summed E-state index contributed by atoms with van der Waals surface area (Å²) in [6, 6.07) is -0.307. The van der Waals surface area contributed by atoms with Crippen molar-refractivity contribution in [2.45, 2.75) is 70.9 Å². The van der Waals surface area contributed by atoms with Crippen LogP contribution in [0.3, 0.4) is 0 Å². The summed E-state index contributed by atoms with van der Waals surface area (Å²) in [6.07, 6.45) is 5.80. The minimum atomic E-state index is -0.379. The molecule has 25 heavy (non-hydrogen) atoms. The number of aromatic nitrogens is 2. The van der Waals surface area contributed by atoms with Gasteiger partial charge in [-0.25, -0.2) is 0 Å². The van der Waals surface area contributed by atoms with Crippen LogP contribution < -0.4 is 10.6 Å². The maximum atomic E-state index is 13.2. The molecule has 4 fully saturated rings. The molecule has 5 rings (SSSR count). The Kier molecular flexibility index (Phi) is 3.67. The van der Waals surface area contributed by atoms with Crippen molar-refractivity contribution < 1.29 is 14.1 Å². The fourth-order valence-corrected chi connectivity index (χ4v) is 5.95. The summed E-state index contributed by atoms with van der Waals surface area (Å²) < 4.78 is 5.19. The lowest BCUT2D eigenvalue weighted by Crippen LogP contribution is -2.65. The van der Waals surface area contributed by atoms with E-state index in [2.05, 4.69) is 20.8 Å². The molecule has 7 heteroatoms. The van der Waals surface area contributed by atoms with Crippen LogP contribution in [0, 0.1) is 24.2 Å². The second-order valence-electron chi connectivity index (χ2n) is 8.58. The number of hydrogen-bond acceptors (Lipinski definition) is 5. The molecule has 4 saturated carbocycles. The van der Waals surface area contributed by atoms with Gasteiger partial charge in [0.25, 0.3) is 0 Å². The van der Waals surface area contributed by atoms with Crippen LogP contribution in [0.4, 0.5) is 0 Å². The summed E-state index contributed by atoms with van der Waals surface area (Å²) in [4.78, 5) is 29.1. The van der Waals surface area contributed by atoms with Crippen molar-refractivity contribution >= 4 is 11.8 Å². The van der Waals surface area contributed by atoms with Gasteiger partial charge in [-0.1, -0.05) is 5.16 Å². The summed E-state index contributed by atoms with van der Waals surface area (Å²) in [5, 5.41) is 10.1. The van der Waals surface area contributed by atoms with Gasteiger partial charge in [-0.3, -0.25) is 9.59 Å². The standard InChI is InChI=1S/C18H26N4O3/c1-10(15-20-11(2)22-25-15)19-16(24)17-5-13-4-14(6-17)8-18(7-13,9-17)21-12(3)23/h10,13-14H,4-9H2,1-3H3,(H,19,24)(H,21,23). The molecule has 1 aromatic heterocycles. The topological polar surface area (TPSA) is 97.1 Å². The van der Waals surface area contributed by atoms with E-state index in [9.17, 15) is 9.59 Å². The average molecular weight is 346 g/mol. The first-order valence-electron chi connectivity index (χ1n) is 9.19. The minimum Gasteiger partial charge on any atom is -0.351 e. The van der Waals surface area contributed by atoms with Crippen molar-refractivity contribution in [3.05, 3.63) is 11.7 Å². The van der Waals surface area contributed by atoms with Gasteiger partial charge < -0.3 is 15.2 Å². The number of carbonyl (C=O) groups is 2. The zero-order valence-electron chi connectivity index (χ0n) is 15.1. The van der Waals surface area contributed by atoms with Crippen LogP contribution in [0.25, 0.3) is 0 Å². The molecule has 0 saturated heterocycles. The Balaban J connectivity index is 1.54. The maximum Gasteiger partial charge on any atom is 0.248 e. The fraction of sp³-hybridized carbons (Fsp3) is 0.778. The maximum absolute atomic E-state index is 13.2. The Labute approximate surface area is 147 Å². The molecule has 7 nitrogen and oxygen atoms in total. The highest BCUT2D eigenvalue weighted by Gasteiger charge is 2.61. The van der Waals surface area contributed by atoms with Crippen LogP contribution >= 0.6 is 0 Å². The highest BCUT2D eigenvalue weighted by molar-refractivity contribution is 5.84. The molecule has 136 valence electrons. The second kappa shape index (κ2) is 5.54. The molecule has 1 heterocycles. The zero-order chi connectivity index (χ0) is 17.8. The minimum absolute atomic E-state index is 0.00668. The van der Waals surface area contributed by atoms with Gasteiger partial charge in [0.05, 0.1) is 5.41 Å². The number of aryl methyl sites for hydroxylation is 1. The SMILES string of the molecule is CC(=O)NC12CC3CC(C1)CC(C(=O)NC(C)c1nc(C)no1)(C3)C2. The van der Waals surface area contributed by atoms with Gasteiger partial charge in [-0.15, -0.1) is 0 Å². The number of nitrogens with zero attached hydrogens (tertiary/aromatic N) is 2. The van der Waals surface area contributed by atoms with Crippen LogP contribution in [-0.2, 0) is 9.59 Å². The fourth-order valence-electron chi connectivity index (χ4n) is 5.95. The van der Waals surface area contributed by atoms with E-state index in [1.54, 1.807) is 13.8 Å². The lowest BCUT2D eigenvalue weighted by Gasteiger charge is -2.61. The van der Waals surface area contributed by atoms with Crippen LogP contribution in [0.5, 0.6) is 0 Å². The predicted molar refractivity (Wildman–Crippen MR) is 89.3 cm³/mol. The van der Waals surface area contributed by atoms with Crippen molar-refractivity contribution in [3.8, 4) is 0 Å². The Morgan fingerprint density at radius 2 is 1.92 bits per heavy atom. The van der Waals surface area contributed by atoms with Crippen molar-refractivity contribution in [2.75, 3.05) is 0 Å². The lowest BCUT2D eigenvalue weighted by atomic mass is 9.46. The van der Waals surface area contributed by atoms with E-state index in [-0.39, 0.29) is 28.8 Å². The molecule has 4 bridgehead atoms. The predicted octanol–water partition coefficient (Wildman–Crippen LogP) is 2.03. The number of amides is 2. The number of nitrogens with one attached hydrogen (secondary N) is 2. The molecule has 0 aliphatic heterocycles. The van der Waals surface area contributed by atoms with E-state index in [0.29, 0.717) is 23.6 Å². The Hall–Kier alpha value is -1.92. The van der Waals surface area contributed by atoms with Gasteiger partial charge in [-0.2, -0.15) is 4.98 Å². The number of carbonyl (C=O) groups excluding carboxylic acids is 2. The molecule has 0 radical (unpaired) electrons. The van der Waals surface area contributed by atoms with Gasteiger partial charge in [0, 0.05) is 12.5 Å². The van der Waals surface area contributed by atoms with Gasteiger partial charge in [0.2, 0.25) is 17.7 Å². The van der Waals surface area contributed by atoms with Crippen molar-refractivity contribution in [1.29, 1.82) is 0 Å². The molecule has 0 spiro atoms. The summed E-state index contributed by atoms with van der Waals surface area (Å²) in [6.45, 7) is 5.21. The first-order valence-corrected chi connectivity index (χ1v) is 9.19. The molecule has 1 aromatic rings. The first kappa shape index (κ1) is 16.5. The van der Waals surface area contributed by atoms with Gasteiger partial charge in [0.1, 0.15) is 6.04 Å². The molecular weight excluding hydrogens is 320 g/mol. The average Bonchev–Trinajstić information content (AvgIpc) is 2.91. The number of rotatable bonds is 4. The highest BCUT2D eigenvalue weighted by Crippen LogP contribution is 2.61. The summed E-state index contributed by atoms with van der Waals surface area (Å²) in [5.74, 6) is 2.13. The van der Waals surface area contributed by atoms with E-state index >= 15 is 0 Å². The largest absolute Gasteiger partial charge is 0.351 e. The second-order valence-corrected chi connectivity index (χ2v) is 8.58. The quantitative estimate of drug-likeness (QED) is 0.869. The normalized spacial score (nSPS) is 36.9. The Morgan fingerprint density at radius 1 is 1.24 bits per heavy atom. The molecule has 4 aliphatic rings. The molecule has 0 aromatic carbocycles. The molecule has 3 unspecified atom stereocenters. The third kappa shape index (κ3) is 2.83. The van der Waals surface area contributed by atoms with Crippen LogP contribution in [-0.4, -0.2) is 27.5 Å². The van der Waals surface area contributed by atoms with Crippen LogP contribution in [0.2, 0.25) is 0 Å². The van der Waals surface area contributed by atoms with E-state index in [1.807, 2.05) is 6.92 Å². The third-order valence-corrected chi connectivity index (χ3v) is 6.25. The first-order chi connectivity index (χ1) is 11.8. The van der Waals surface area contributed by atoms with E-state index in [4.69, 9.17) is 4.52 Å². The molecule has 4 aliphatic carbocycles. The van der Waals surface area contributed by atoms with Crippen LogP contribution in [0.15, 0.2) is 4.52 Å². The lowest BCUT2D eigenvalue weighted by molar-refractivity contribution is -0.153. The highest BCUT2D eigenvalue weighted by atomic mass is 16.5. The van der Waals surface area contributed by atoms with Gasteiger partial charge in [-0.05, 0) is 64.2 Å². The smallest absolute Gasteiger partial charge is 0.248 e. The molecule has 2 N–H and O–H groups in total. The number of hydrogen-bond donors (Lipinski definition) is 2. The molecule has 2 amide bonds. The summed E-state index contributed by atoms with van der Waals surface area (Å²) >= 11 is 0. The van der Waals surface area contributed by atoms with E-state index in [1.165, 1.54) is 6.42 Å². The van der Waals surface area contributed by atoms with Gasteiger partial charge >= 0.3 is 0 Å². The molecule has 3 atom stereocenters. The molecular formula is C18H26N4O3.